The van der Waals surface area contributed by atoms with Crippen molar-refractivity contribution in [3.05, 3.63) is 28.8 Å². The fourth-order valence-electron chi connectivity index (χ4n) is 2.23. The molecule has 1 saturated heterocycles. The van der Waals surface area contributed by atoms with Crippen LogP contribution in [0.15, 0.2) is 18.2 Å². The summed E-state index contributed by atoms with van der Waals surface area (Å²) in [4.78, 5) is 13.6. The van der Waals surface area contributed by atoms with Gasteiger partial charge in [-0.2, -0.15) is 0 Å². The molecule has 104 valence electrons. The van der Waals surface area contributed by atoms with Gasteiger partial charge in [0.05, 0.1) is 17.3 Å². The Morgan fingerprint density at radius 1 is 1.47 bits per heavy atom. The third-order valence-corrected chi connectivity index (χ3v) is 3.81. The van der Waals surface area contributed by atoms with E-state index in [0.717, 1.165) is 30.8 Å². The Balaban J connectivity index is 2.22. The summed E-state index contributed by atoms with van der Waals surface area (Å²) in [6.07, 6.45) is 0.941. The minimum absolute atomic E-state index is 0.0567. The number of nitrogens with one attached hydrogen (secondary N) is 2. The molecule has 1 unspecified atom stereocenters. The number of carbonyl (C=O) groups excluding carboxylic acids is 1. The van der Waals surface area contributed by atoms with E-state index in [0.29, 0.717) is 11.6 Å². The summed E-state index contributed by atoms with van der Waals surface area (Å²) >= 11 is 6.36. The molecular weight excluding hydrogens is 262 g/mol. The number of rotatable bonds is 3. The highest BCUT2D eigenvalue weighted by molar-refractivity contribution is 6.33. The van der Waals surface area contributed by atoms with Gasteiger partial charge in [0.2, 0.25) is 5.91 Å². The number of hydrogen-bond donors (Lipinski definition) is 2. The van der Waals surface area contributed by atoms with Crippen molar-refractivity contribution in [3.8, 4) is 0 Å². The molecule has 1 heterocycles. The van der Waals surface area contributed by atoms with E-state index in [1.165, 1.54) is 0 Å². The molecule has 4 nitrogen and oxygen atoms in total. The fourth-order valence-corrected chi connectivity index (χ4v) is 2.54. The third kappa shape index (κ3) is 3.39. The van der Waals surface area contributed by atoms with Crippen LogP contribution in [0.25, 0.3) is 0 Å². The lowest BCUT2D eigenvalue weighted by atomic mass is 10.1. The number of halogens is 1. The summed E-state index contributed by atoms with van der Waals surface area (Å²) in [7, 11) is 1.92. The van der Waals surface area contributed by atoms with Crippen molar-refractivity contribution < 1.29 is 4.79 Å². The summed E-state index contributed by atoms with van der Waals surface area (Å²) in [6, 6.07) is 6.30. The third-order valence-electron chi connectivity index (χ3n) is 3.51. The first-order valence-electron chi connectivity index (χ1n) is 6.60. The lowest BCUT2D eigenvalue weighted by Crippen LogP contribution is -2.33. The highest BCUT2D eigenvalue weighted by atomic mass is 35.5. The van der Waals surface area contributed by atoms with E-state index < -0.39 is 0 Å². The minimum atomic E-state index is 0.0567. The van der Waals surface area contributed by atoms with E-state index in [1.807, 2.05) is 24.1 Å². The number of benzene rings is 1. The van der Waals surface area contributed by atoms with Gasteiger partial charge >= 0.3 is 0 Å². The van der Waals surface area contributed by atoms with Crippen molar-refractivity contribution in [2.75, 3.05) is 31.6 Å². The van der Waals surface area contributed by atoms with E-state index in [1.54, 1.807) is 0 Å². The van der Waals surface area contributed by atoms with E-state index in [9.17, 15) is 4.79 Å². The molecule has 0 aliphatic carbocycles. The molecule has 19 heavy (non-hydrogen) atoms. The molecule has 1 aromatic carbocycles. The summed E-state index contributed by atoms with van der Waals surface area (Å²) in [6.45, 7) is 4.05. The second-order valence-corrected chi connectivity index (χ2v) is 5.25. The Labute approximate surface area is 119 Å². The van der Waals surface area contributed by atoms with Gasteiger partial charge < -0.3 is 15.5 Å². The number of hydrogen-bond acceptors (Lipinski definition) is 3. The molecule has 1 aromatic rings. The quantitative estimate of drug-likeness (QED) is 0.890. The monoisotopic (exact) mass is 281 g/mol. The summed E-state index contributed by atoms with van der Waals surface area (Å²) < 4.78 is 0. The van der Waals surface area contributed by atoms with E-state index in [-0.39, 0.29) is 11.9 Å². The smallest absolute Gasteiger partial charge is 0.239 e. The van der Waals surface area contributed by atoms with Crippen LogP contribution in [-0.2, 0) is 4.79 Å². The molecule has 0 aromatic heterocycles. The van der Waals surface area contributed by atoms with Gasteiger partial charge in [-0.1, -0.05) is 17.7 Å². The molecule has 1 fully saturated rings. The highest BCUT2D eigenvalue weighted by Gasteiger charge is 2.17. The molecule has 0 radical (unpaired) electrons. The van der Waals surface area contributed by atoms with Crippen LogP contribution in [0.5, 0.6) is 0 Å². The Hall–Kier alpha value is -1.26. The Kier molecular flexibility index (Phi) is 4.66. The first-order valence-corrected chi connectivity index (χ1v) is 6.98. The van der Waals surface area contributed by atoms with E-state index in [2.05, 4.69) is 23.6 Å². The van der Waals surface area contributed by atoms with Crippen molar-refractivity contribution in [1.82, 2.24) is 10.6 Å². The van der Waals surface area contributed by atoms with Gasteiger partial charge in [-0.15, -0.1) is 0 Å². The zero-order valence-electron chi connectivity index (χ0n) is 11.4. The maximum atomic E-state index is 11.6. The zero-order chi connectivity index (χ0) is 13.8. The maximum absolute atomic E-state index is 11.6. The number of anilines is 1. The van der Waals surface area contributed by atoms with Gasteiger partial charge in [-0.3, -0.25) is 4.79 Å². The van der Waals surface area contributed by atoms with Gasteiger partial charge in [0.25, 0.3) is 0 Å². The Morgan fingerprint density at radius 3 is 2.95 bits per heavy atom. The highest BCUT2D eigenvalue weighted by Crippen LogP contribution is 2.29. The lowest BCUT2D eigenvalue weighted by molar-refractivity contribution is -0.119. The van der Waals surface area contributed by atoms with Gasteiger partial charge in [0, 0.05) is 19.1 Å². The first kappa shape index (κ1) is 14.2. The number of nitrogens with zero attached hydrogens (tertiary/aromatic N) is 1. The van der Waals surface area contributed by atoms with Crippen LogP contribution in [0.1, 0.15) is 24.9 Å². The van der Waals surface area contributed by atoms with Crippen molar-refractivity contribution in [3.63, 3.8) is 0 Å². The predicted molar refractivity (Wildman–Crippen MR) is 78.8 cm³/mol. The normalized spacial score (nSPS) is 17.8. The second kappa shape index (κ2) is 6.26. The van der Waals surface area contributed by atoms with Gasteiger partial charge in [-0.05, 0) is 38.1 Å². The zero-order valence-corrected chi connectivity index (χ0v) is 12.1. The number of carbonyl (C=O) groups is 1. The molecular formula is C14H20ClN3O. The summed E-state index contributed by atoms with van der Waals surface area (Å²) in [5.41, 5.74) is 2.08. The minimum Gasteiger partial charge on any atom is -0.361 e. The fraction of sp³-hybridized carbons (Fsp3) is 0.500. The van der Waals surface area contributed by atoms with Crippen LogP contribution in [0, 0.1) is 0 Å². The van der Waals surface area contributed by atoms with Crippen molar-refractivity contribution >= 4 is 23.2 Å². The largest absolute Gasteiger partial charge is 0.361 e. The standard InChI is InChI=1S/C14H20ClN3O/c1-10(16-2)11-4-5-13(12(15)8-11)18-7-3-6-17-14(19)9-18/h4-5,8,10,16H,3,6-7,9H2,1-2H3,(H,17,19). The molecule has 1 atom stereocenters. The van der Waals surface area contributed by atoms with Crippen LogP contribution in [0.2, 0.25) is 5.02 Å². The van der Waals surface area contributed by atoms with E-state index >= 15 is 0 Å². The van der Waals surface area contributed by atoms with Crippen LogP contribution in [0.3, 0.4) is 0 Å². The topological polar surface area (TPSA) is 44.4 Å². The van der Waals surface area contributed by atoms with Crippen LogP contribution in [-0.4, -0.2) is 32.6 Å². The Bertz CT molecular complexity index is 464. The van der Waals surface area contributed by atoms with Crippen LogP contribution in [0.4, 0.5) is 5.69 Å². The maximum Gasteiger partial charge on any atom is 0.239 e. The molecule has 1 aliphatic rings. The molecule has 2 N–H and O–H groups in total. The summed E-state index contributed by atoms with van der Waals surface area (Å²) in [5, 5.41) is 6.76. The molecule has 2 rings (SSSR count). The number of amides is 1. The molecule has 5 heteroatoms. The average Bonchev–Trinajstić information content (AvgIpc) is 2.62. The van der Waals surface area contributed by atoms with Crippen molar-refractivity contribution in [2.45, 2.75) is 19.4 Å². The molecule has 0 spiro atoms. The van der Waals surface area contributed by atoms with Crippen LogP contribution >= 0.6 is 11.6 Å². The van der Waals surface area contributed by atoms with E-state index in [4.69, 9.17) is 11.6 Å². The van der Waals surface area contributed by atoms with Crippen molar-refractivity contribution in [1.29, 1.82) is 0 Å². The SMILES string of the molecule is CNC(C)c1ccc(N2CCCNC(=O)C2)c(Cl)c1. The van der Waals surface area contributed by atoms with Gasteiger partial charge in [0.1, 0.15) is 0 Å². The first-order chi connectivity index (χ1) is 9.11. The average molecular weight is 282 g/mol. The lowest BCUT2D eigenvalue weighted by Gasteiger charge is -2.23. The molecule has 0 bridgehead atoms. The molecule has 0 saturated carbocycles. The predicted octanol–water partition coefficient (Wildman–Crippen LogP) is 1.95. The van der Waals surface area contributed by atoms with Crippen LogP contribution < -0.4 is 15.5 Å². The van der Waals surface area contributed by atoms with Gasteiger partial charge in [-0.25, -0.2) is 0 Å². The molecule has 1 amide bonds. The summed E-state index contributed by atoms with van der Waals surface area (Å²) in [5.74, 6) is 0.0567. The van der Waals surface area contributed by atoms with Gasteiger partial charge in [0.15, 0.2) is 0 Å². The van der Waals surface area contributed by atoms with Crippen molar-refractivity contribution in [2.24, 2.45) is 0 Å². The molecule has 1 aliphatic heterocycles. The second-order valence-electron chi connectivity index (χ2n) is 4.85. The Morgan fingerprint density at radius 2 is 2.26 bits per heavy atom.